The van der Waals surface area contributed by atoms with Gasteiger partial charge in [-0.25, -0.2) is 4.39 Å². The summed E-state index contributed by atoms with van der Waals surface area (Å²) in [6.07, 6.45) is 0.956. The molecule has 0 heterocycles. The van der Waals surface area contributed by atoms with Crippen LogP contribution in [0, 0.1) is 5.82 Å². The number of rotatable bonds is 7. The van der Waals surface area contributed by atoms with Gasteiger partial charge in [0.15, 0.2) is 0 Å². The minimum absolute atomic E-state index is 0.305. The van der Waals surface area contributed by atoms with Crippen LogP contribution < -0.4 is 4.74 Å². The quantitative estimate of drug-likeness (QED) is 0.353. The second kappa shape index (κ2) is 7.66. The van der Waals surface area contributed by atoms with E-state index in [2.05, 4.69) is 5.16 Å². The van der Waals surface area contributed by atoms with Crippen molar-refractivity contribution in [2.24, 2.45) is 5.16 Å². The van der Waals surface area contributed by atoms with E-state index in [1.54, 1.807) is 6.92 Å². The molecule has 0 atom stereocenters. The molecule has 0 spiro atoms. The summed E-state index contributed by atoms with van der Waals surface area (Å²) in [4.78, 5) is 0. The van der Waals surface area contributed by atoms with Gasteiger partial charge in [0.05, 0.1) is 12.3 Å². The standard InChI is InChI=1S/C13H18FNO3/c1-3-6-17-7-8-18-13-5-4-11(14)9-12(13)10(2)15-16/h4-5,9,16H,3,6-8H2,1-2H3/b15-10+. The zero-order chi connectivity index (χ0) is 13.4. The first-order valence-electron chi connectivity index (χ1n) is 5.88. The molecular formula is C13H18FNO3. The lowest BCUT2D eigenvalue weighted by molar-refractivity contribution is 0.100. The minimum atomic E-state index is -0.400. The molecule has 0 aliphatic heterocycles. The molecule has 0 aromatic heterocycles. The van der Waals surface area contributed by atoms with Gasteiger partial charge in [-0.3, -0.25) is 0 Å². The summed E-state index contributed by atoms with van der Waals surface area (Å²) in [5, 5.41) is 11.8. The number of benzene rings is 1. The zero-order valence-electron chi connectivity index (χ0n) is 10.6. The third-order valence-corrected chi connectivity index (χ3v) is 2.32. The molecule has 0 amide bonds. The van der Waals surface area contributed by atoms with E-state index in [1.807, 2.05) is 6.92 Å². The first-order chi connectivity index (χ1) is 8.69. The van der Waals surface area contributed by atoms with Crippen molar-refractivity contribution in [2.75, 3.05) is 19.8 Å². The molecule has 0 aliphatic carbocycles. The minimum Gasteiger partial charge on any atom is -0.490 e. The maximum Gasteiger partial charge on any atom is 0.128 e. The molecule has 18 heavy (non-hydrogen) atoms. The van der Waals surface area contributed by atoms with Crippen LogP contribution in [0.3, 0.4) is 0 Å². The smallest absolute Gasteiger partial charge is 0.128 e. The molecule has 0 radical (unpaired) electrons. The van der Waals surface area contributed by atoms with Gasteiger partial charge in [-0.15, -0.1) is 0 Å². The number of hydrogen-bond donors (Lipinski definition) is 1. The van der Waals surface area contributed by atoms with Crippen molar-refractivity contribution in [3.63, 3.8) is 0 Å². The monoisotopic (exact) mass is 255 g/mol. The molecular weight excluding hydrogens is 237 g/mol. The van der Waals surface area contributed by atoms with Crippen molar-refractivity contribution in [2.45, 2.75) is 20.3 Å². The van der Waals surface area contributed by atoms with Crippen molar-refractivity contribution in [3.05, 3.63) is 29.6 Å². The maximum atomic E-state index is 13.1. The third-order valence-electron chi connectivity index (χ3n) is 2.32. The highest BCUT2D eigenvalue weighted by molar-refractivity contribution is 6.00. The molecule has 1 aromatic rings. The lowest BCUT2D eigenvalue weighted by Gasteiger charge is -2.11. The third kappa shape index (κ3) is 4.33. The van der Waals surface area contributed by atoms with Gasteiger partial charge in [-0.05, 0) is 31.5 Å². The Morgan fingerprint density at radius 1 is 1.33 bits per heavy atom. The molecule has 5 heteroatoms. The number of hydrogen-bond acceptors (Lipinski definition) is 4. The van der Waals surface area contributed by atoms with Crippen LogP contribution >= 0.6 is 0 Å². The van der Waals surface area contributed by atoms with Crippen molar-refractivity contribution in [1.29, 1.82) is 0 Å². The van der Waals surface area contributed by atoms with Crippen LogP contribution in [-0.2, 0) is 4.74 Å². The van der Waals surface area contributed by atoms with E-state index in [0.717, 1.165) is 6.42 Å². The van der Waals surface area contributed by atoms with Gasteiger partial charge in [0.2, 0.25) is 0 Å². The summed E-state index contributed by atoms with van der Waals surface area (Å²) in [6, 6.07) is 4.09. The highest BCUT2D eigenvalue weighted by Gasteiger charge is 2.09. The SMILES string of the molecule is CCCOCCOc1ccc(F)cc1/C(C)=N/O. The Kier molecular flexibility index (Phi) is 6.14. The van der Waals surface area contributed by atoms with Crippen molar-refractivity contribution < 1.29 is 19.1 Å². The van der Waals surface area contributed by atoms with Crippen molar-refractivity contribution in [1.82, 2.24) is 0 Å². The summed E-state index contributed by atoms with van der Waals surface area (Å²) in [5.41, 5.74) is 0.743. The van der Waals surface area contributed by atoms with Crippen LogP contribution in [0.2, 0.25) is 0 Å². The van der Waals surface area contributed by atoms with Gasteiger partial charge in [-0.2, -0.15) is 0 Å². The Labute approximate surface area is 106 Å². The van der Waals surface area contributed by atoms with Gasteiger partial charge >= 0.3 is 0 Å². The highest BCUT2D eigenvalue weighted by Crippen LogP contribution is 2.20. The van der Waals surface area contributed by atoms with Crippen LogP contribution in [0.4, 0.5) is 4.39 Å². The average Bonchev–Trinajstić information content (AvgIpc) is 2.39. The highest BCUT2D eigenvalue weighted by atomic mass is 19.1. The number of halogens is 1. The summed E-state index contributed by atoms with van der Waals surface area (Å²) in [6.45, 7) is 5.14. The summed E-state index contributed by atoms with van der Waals surface area (Å²) >= 11 is 0. The Morgan fingerprint density at radius 2 is 2.11 bits per heavy atom. The van der Waals surface area contributed by atoms with E-state index in [9.17, 15) is 4.39 Å². The predicted molar refractivity (Wildman–Crippen MR) is 67.0 cm³/mol. The molecule has 0 fully saturated rings. The topological polar surface area (TPSA) is 51.0 Å². The Bertz CT molecular complexity index is 407. The van der Waals surface area contributed by atoms with Crippen LogP contribution in [0.5, 0.6) is 5.75 Å². The fourth-order valence-corrected chi connectivity index (χ4v) is 1.42. The van der Waals surface area contributed by atoms with Crippen molar-refractivity contribution >= 4 is 5.71 Å². The fraction of sp³-hybridized carbons (Fsp3) is 0.462. The van der Waals surface area contributed by atoms with Gasteiger partial charge in [-0.1, -0.05) is 12.1 Å². The molecule has 1 aromatic carbocycles. The van der Waals surface area contributed by atoms with Crippen LogP contribution in [0.15, 0.2) is 23.4 Å². The molecule has 1 rings (SSSR count). The Morgan fingerprint density at radius 3 is 2.78 bits per heavy atom. The van der Waals surface area contributed by atoms with E-state index in [1.165, 1.54) is 18.2 Å². The largest absolute Gasteiger partial charge is 0.490 e. The maximum absolute atomic E-state index is 13.1. The normalized spacial score (nSPS) is 11.6. The van der Waals surface area contributed by atoms with E-state index >= 15 is 0 Å². The Hall–Kier alpha value is -1.62. The lowest BCUT2D eigenvalue weighted by Crippen LogP contribution is -2.09. The number of nitrogens with zero attached hydrogens (tertiary/aromatic N) is 1. The molecule has 0 saturated carbocycles. The summed E-state index contributed by atoms with van der Waals surface area (Å²) in [5.74, 6) is 0.0781. The van der Waals surface area contributed by atoms with Crippen LogP contribution in [-0.4, -0.2) is 30.7 Å². The number of ether oxygens (including phenoxy) is 2. The zero-order valence-corrected chi connectivity index (χ0v) is 10.6. The molecule has 1 N–H and O–H groups in total. The van der Waals surface area contributed by atoms with Crippen LogP contribution in [0.1, 0.15) is 25.8 Å². The van der Waals surface area contributed by atoms with E-state index in [-0.39, 0.29) is 0 Å². The average molecular weight is 255 g/mol. The van der Waals surface area contributed by atoms with E-state index < -0.39 is 5.82 Å². The molecule has 100 valence electrons. The first-order valence-corrected chi connectivity index (χ1v) is 5.88. The van der Waals surface area contributed by atoms with E-state index in [0.29, 0.717) is 36.8 Å². The van der Waals surface area contributed by atoms with Crippen molar-refractivity contribution in [3.8, 4) is 5.75 Å². The number of oxime groups is 1. The van der Waals surface area contributed by atoms with Gasteiger partial charge < -0.3 is 14.7 Å². The van der Waals surface area contributed by atoms with E-state index in [4.69, 9.17) is 14.7 Å². The molecule has 0 aliphatic rings. The Balaban J connectivity index is 2.64. The second-order valence-corrected chi connectivity index (χ2v) is 3.79. The lowest BCUT2D eigenvalue weighted by atomic mass is 10.1. The van der Waals surface area contributed by atoms with Gasteiger partial charge in [0.25, 0.3) is 0 Å². The molecule has 4 nitrogen and oxygen atoms in total. The fourth-order valence-electron chi connectivity index (χ4n) is 1.42. The van der Waals surface area contributed by atoms with Gasteiger partial charge in [0, 0.05) is 12.2 Å². The predicted octanol–water partition coefficient (Wildman–Crippen LogP) is 2.83. The molecule has 0 bridgehead atoms. The summed E-state index contributed by atoms with van der Waals surface area (Å²) < 4.78 is 23.9. The van der Waals surface area contributed by atoms with Gasteiger partial charge in [0.1, 0.15) is 18.2 Å². The molecule has 0 saturated heterocycles. The second-order valence-electron chi connectivity index (χ2n) is 3.79. The first kappa shape index (κ1) is 14.4. The summed E-state index contributed by atoms with van der Waals surface area (Å²) in [7, 11) is 0. The molecule has 0 unspecified atom stereocenters. The van der Waals surface area contributed by atoms with Crippen LogP contribution in [0.25, 0.3) is 0 Å².